The Bertz CT molecular complexity index is 378. The van der Waals surface area contributed by atoms with Crippen LogP contribution in [0.4, 0.5) is 5.69 Å². The van der Waals surface area contributed by atoms with E-state index in [1.54, 1.807) is 32.2 Å². The molecule has 0 aliphatic carbocycles. The molecule has 88 valence electrons. The minimum atomic E-state index is -0.926. The molecule has 0 saturated heterocycles. The van der Waals surface area contributed by atoms with Gasteiger partial charge in [0.25, 0.3) is 0 Å². The topological polar surface area (TPSA) is 67.8 Å². The number of rotatable bonds is 5. The van der Waals surface area contributed by atoms with Crippen LogP contribution in [0.1, 0.15) is 6.92 Å². The van der Waals surface area contributed by atoms with Crippen LogP contribution in [0.5, 0.6) is 11.5 Å². The summed E-state index contributed by atoms with van der Waals surface area (Å²) in [5.41, 5.74) is 0.594. The number of carbonyl (C=O) groups is 1. The largest absolute Gasteiger partial charge is 0.497 e. The molecule has 0 aliphatic rings. The molecule has 0 aromatic heterocycles. The van der Waals surface area contributed by atoms with E-state index in [4.69, 9.17) is 14.6 Å². The second kappa shape index (κ2) is 5.25. The summed E-state index contributed by atoms with van der Waals surface area (Å²) in [5, 5.41) is 11.6. The van der Waals surface area contributed by atoms with Gasteiger partial charge in [-0.3, -0.25) is 4.79 Å². The summed E-state index contributed by atoms with van der Waals surface area (Å²) in [6.45, 7) is 1.56. The minimum absolute atomic E-state index is 0.578. The van der Waals surface area contributed by atoms with Gasteiger partial charge in [0.05, 0.1) is 19.9 Å². The van der Waals surface area contributed by atoms with Crippen LogP contribution < -0.4 is 14.8 Å². The van der Waals surface area contributed by atoms with Gasteiger partial charge in [-0.2, -0.15) is 0 Å². The number of methoxy groups -OCH3 is 2. The Labute approximate surface area is 94.0 Å². The van der Waals surface area contributed by atoms with E-state index in [1.165, 1.54) is 7.11 Å². The number of anilines is 1. The third kappa shape index (κ3) is 2.79. The van der Waals surface area contributed by atoms with E-state index in [-0.39, 0.29) is 0 Å². The van der Waals surface area contributed by atoms with Gasteiger partial charge < -0.3 is 19.9 Å². The average Bonchev–Trinajstić information content (AvgIpc) is 2.28. The van der Waals surface area contributed by atoms with E-state index >= 15 is 0 Å². The lowest BCUT2D eigenvalue weighted by atomic mass is 10.2. The predicted molar refractivity (Wildman–Crippen MR) is 60.3 cm³/mol. The lowest BCUT2D eigenvalue weighted by Gasteiger charge is -2.15. The molecule has 0 unspecified atom stereocenters. The lowest BCUT2D eigenvalue weighted by Crippen LogP contribution is -2.25. The first-order chi connectivity index (χ1) is 7.58. The molecule has 1 atom stereocenters. The van der Waals surface area contributed by atoms with Crippen molar-refractivity contribution in [3.8, 4) is 11.5 Å². The van der Waals surface area contributed by atoms with Crippen LogP contribution in [0.25, 0.3) is 0 Å². The molecule has 0 bridgehead atoms. The quantitative estimate of drug-likeness (QED) is 0.796. The first kappa shape index (κ1) is 12.2. The normalized spacial score (nSPS) is 11.7. The fraction of sp³-hybridized carbons (Fsp3) is 0.364. The van der Waals surface area contributed by atoms with Crippen molar-refractivity contribution in [2.45, 2.75) is 13.0 Å². The Morgan fingerprint density at radius 2 is 2.06 bits per heavy atom. The van der Waals surface area contributed by atoms with Gasteiger partial charge in [-0.05, 0) is 19.1 Å². The summed E-state index contributed by atoms with van der Waals surface area (Å²) < 4.78 is 10.2. The molecule has 0 fully saturated rings. The highest BCUT2D eigenvalue weighted by molar-refractivity contribution is 5.78. The summed E-state index contributed by atoms with van der Waals surface area (Å²) >= 11 is 0. The van der Waals surface area contributed by atoms with Crippen molar-refractivity contribution >= 4 is 11.7 Å². The molecule has 0 saturated carbocycles. The van der Waals surface area contributed by atoms with Crippen molar-refractivity contribution in [3.63, 3.8) is 0 Å². The van der Waals surface area contributed by atoms with Gasteiger partial charge in [-0.15, -0.1) is 0 Å². The predicted octanol–water partition coefficient (Wildman–Crippen LogP) is 1.59. The highest BCUT2D eigenvalue weighted by Gasteiger charge is 2.13. The average molecular weight is 225 g/mol. The van der Waals surface area contributed by atoms with Crippen LogP contribution in [0.2, 0.25) is 0 Å². The molecule has 0 amide bonds. The number of ether oxygens (including phenoxy) is 2. The fourth-order valence-electron chi connectivity index (χ4n) is 1.22. The van der Waals surface area contributed by atoms with Crippen LogP contribution >= 0.6 is 0 Å². The second-order valence-corrected chi connectivity index (χ2v) is 3.27. The standard InChI is InChI=1S/C11H15NO4/c1-7(11(13)14)12-9-6-8(15-2)4-5-10(9)16-3/h4-7,12H,1-3H3,(H,13,14)/t7-/m1/s1. The van der Waals surface area contributed by atoms with Gasteiger partial charge in [0.1, 0.15) is 17.5 Å². The Kier molecular flexibility index (Phi) is 3.99. The SMILES string of the molecule is COc1ccc(OC)c(N[C@H](C)C(=O)O)c1. The number of carboxylic acid groups (broad SMARTS) is 1. The summed E-state index contributed by atoms with van der Waals surface area (Å²) in [4.78, 5) is 10.7. The van der Waals surface area contributed by atoms with Gasteiger partial charge in [-0.1, -0.05) is 0 Å². The maximum atomic E-state index is 10.7. The van der Waals surface area contributed by atoms with Gasteiger partial charge in [-0.25, -0.2) is 0 Å². The monoisotopic (exact) mass is 225 g/mol. The molecule has 0 heterocycles. The zero-order valence-corrected chi connectivity index (χ0v) is 9.48. The van der Waals surface area contributed by atoms with Crippen molar-refractivity contribution in [2.24, 2.45) is 0 Å². The lowest BCUT2D eigenvalue weighted by molar-refractivity contribution is -0.137. The first-order valence-corrected chi connectivity index (χ1v) is 4.80. The molecule has 16 heavy (non-hydrogen) atoms. The van der Waals surface area contributed by atoms with Crippen LogP contribution in [-0.2, 0) is 4.79 Å². The molecule has 2 N–H and O–H groups in total. The third-order valence-corrected chi connectivity index (χ3v) is 2.15. The maximum absolute atomic E-state index is 10.7. The number of aliphatic carboxylic acids is 1. The summed E-state index contributed by atoms with van der Waals surface area (Å²) in [5.74, 6) is 0.291. The molecule has 1 aromatic carbocycles. The van der Waals surface area contributed by atoms with Crippen molar-refractivity contribution in [1.82, 2.24) is 0 Å². The van der Waals surface area contributed by atoms with E-state index in [1.807, 2.05) is 0 Å². The number of hydrogen-bond acceptors (Lipinski definition) is 4. The Balaban J connectivity index is 2.95. The Morgan fingerprint density at radius 1 is 1.38 bits per heavy atom. The zero-order valence-electron chi connectivity index (χ0n) is 9.48. The van der Waals surface area contributed by atoms with Crippen LogP contribution in [0.15, 0.2) is 18.2 Å². The highest BCUT2D eigenvalue weighted by atomic mass is 16.5. The smallest absolute Gasteiger partial charge is 0.325 e. The van der Waals surface area contributed by atoms with Crippen molar-refractivity contribution in [2.75, 3.05) is 19.5 Å². The molecule has 0 radical (unpaired) electrons. The minimum Gasteiger partial charge on any atom is -0.497 e. The Hall–Kier alpha value is -1.91. The second-order valence-electron chi connectivity index (χ2n) is 3.27. The highest BCUT2D eigenvalue weighted by Crippen LogP contribution is 2.29. The Morgan fingerprint density at radius 3 is 2.56 bits per heavy atom. The van der Waals surface area contributed by atoms with Gasteiger partial charge in [0, 0.05) is 6.07 Å². The molecule has 5 nitrogen and oxygen atoms in total. The molecular weight excluding hydrogens is 210 g/mol. The number of benzene rings is 1. The summed E-state index contributed by atoms with van der Waals surface area (Å²) in [7, 11) is 3.07. The number of hydrogen-bond donors (Lipinski definition) is 2. The summed E-state index contributed by atoms with van der Waals surface area (Å²) in [6, 6.07) is 4.46. The van der Waals surface area contributed by atoms with Gasteiger partial charge in [0.2, 0.25) is 0 Å². The van der Waals surface area contributed by atoms with Crippen LogP contribution in [-0.4, -0.2) is 31.3 Å². The van der Waals surface area contributed by atoms with E-state index in [2.05, 4.69) is 5.32 Å². The molecule has 1 rings (SSSR count). The van der Waals surface area contributed by atoms with Crippen molar-refractivity contribution < 1.29 is 19.4 Å². The molecular formula is C11H15NO4. The fourth-order valence-corrected chi connectivity index (χ4v) is 1.22. The molecule has 1 aromatic rings. The van der Waals surface area contributed by atoms with Gasteiger partial charge in [0.15, 0.2) is 0 Å². The molecule has 5 heteroatoms. The molecule has 0 spiro atoms. The van der Waals surface area contributed by atoms with E-state index in [9.17, 15) is 4.79 Å². The van der Waals surface area contributed by atoms with E-state index in [0.717, 1.165) is 0 Å². The van der Waals surface area contributed by atoms with Crippen LogP contribution in [0.3, 0.4) is 0 Å². The number of carboxylic acids is 1. The zero-order chi connectivity index (χ0) is 12.1. The molecule has 0 aliphatic heterocycles. The van der Waals surface area contributed by atoms with E-state index in [0.29, 0.717) is 17.2 Å². The maximum Gasteiger partial charge on any atom is 0.325 e. The summed E-state index contributed by atoms with van der Waals surface area (Å²) in [6.07, 6.45) is 0. The van der Waals surface area contributed by atoms with Crippen molar-refractivity contribution in [1.29, 1.82) is 0 Å². The van der Waals surface area contributed by atoms with E-state index < -0.39 is 12.0 Å². The van der Waals surface area contributed by atoms with Gasteiger partial charge >= 0.3 is 5.97 Å². The number of nitrogens with one attached hydrogen (secondary N) is 1. The van der Waals surface area contributed by atoms with Crippen molar-refractivity contribution in [3.05, 3.63) is 18.2 Å². The van der Waals surface area contributed by atoms with Crippen LogP contribution in [0, 0.1) is 0 Å². The third-order valence-electron chi connectivity index (χ3n) is 2.15. The first-order valence-electron chi connectivity index (χ1n) is 4.80.